The first-order valence-electron chi connectivity index (χ1n) is 6.36. The summed E-state index contributed by atoms with van der Waals surface area (Å²) in [6, 6.07) is 5.94. The van der Waals surface area contributed by atoms with Gasteiger partial charge in [0.15, 0.2) is 5.82 Å². The number of hydrogen-bond acceptors (Lipinski definition) is 4. The third-order valence-corrected chi connectivity index (χ3v) is 3.10. The highest BCUT2D eigenvalue weighted by Crippen LogP contribution is 2.20. The Morgan fingerprint density at radius 3 is 2.68 bits per heavy atom. The maximum Gasteiger partial charge on any atom is 0.250 e. The van der Waals surface area contributed by atoms with Crippen LogP contribution in [-0.2, 0) is 0 Å². The molecule has 0 aliphatic heterocycles. The van der Waals surface area contributed by atoms with E-state index in [-0.39, 0.29) is 11.9 Å². The average molecular weight is 258 g/mol. The van der Waals surface area contributed by atoms with Crippen molar-refractivity contribution in [2.75, 3.05) is 5.73 Å². The van der Waals surface area contributed by atoms with Gasteiger partial charge in [-0.1, -0.05) is 19.1 Å². The van der Waals surface area contributed by atoms with E-state index in [0.29, 0.717) is 12.2 Å². The summed E-state index contributed by atoms with van der Waals surface area (Å²) >= 11 is 0. The zero-order valence-corrected chi connectivity index (χ0v) is 11.5. The highest BCUT2D eigenvalue weighted by molar-refractivity contribution is 5.81. The molecule has 1 heterocycles. The highest BCUT2D eigenvalue weighted by Gasteiger charge is 2.14. The van der Waals surface area contributed by atoms with E-state index in [2.05, 4.69) is 10.1 Å². The van der Waals surface area contributed by atoms with Crippen molar-refractivity contribution in [3.05, 3.63) is 29.3 Å². The minimum absolute atomic E-state index is 0.123. The van der Waals surface area contributed by atoms with Gasteiger partial charge in [0.1, 0.15) is 0 Å². The normalized spacial score (nSPS) is 10.7. The molecular weight excluding hydrogens is 240 g/mol. The molecule has 19 heavy (non-hydrogen) atoms. The molecule has 100 valence electrons. The lowest BCUT2D eigenvalue weighted by Gasteiger charge is -2.01. The van der Waals surface area contributed by atoms with Gasteiger partial charge < -0.3 is 5.73 Å². The fourth-order valence-electron chi connectivity index (χ4n) is 1.83. The molecule has 0 aliphatic rings. The van der Waals surface area contributed by atoms with Crippen molar-refractivity contribution in [3.8, 4) is 11.4 Å². The average Bonchev–Trinajstić information content (AvgIpc) is 2.75. The molecule has 2 rings (SSSR count). The van der Waals surface area contributed by atoms with E-state index in [1.54, 1.807) is 0 Å². The number of nitrogens with zero attached hydrogens (tertiary/aromatic N) is 3. The SMILES string of the molecule is CCCC(=O)n1nc(-c2ccc(C)c(C)c2)nc1N. The highest BCUT2D eigenvalue weighted by atomic mass is 16.2. The largest absolute Gasteiger partial charge is 0.368 e. The molecule has 0 amide bonds. The minimum Gasteiger partial charge on any atom is -0.368 e. The van der Waals surface area contributed by atoms with Gasteiger partial charge in [-0.15, -0.1) is 5.10 Å². The predicted molar refractivity (Wildman–Crippen MR) is 74.9 cm³/mol. The lowest BCUT2D eigenvalue weighted by atomic mass is 10.1. The van der Waals surface area contributed by atoms with Crippen molar-refractivity contribution < 1.29 is 4.79 Å². The number of benzene rings is 1. The van der Waals surface area contributed by atoms with E-state index >= 15 is 0 Å². The van der Waals surface area contributed by atoms with Crippen molar-refractivity contribution in [2.45, 2.75) is 33.6 Å². The maximum absolute atomic E-state index is 11.8. The molecule has 0 atom stereocenters. The van der Waals surface area contributed by atoms with Gasteiger partial charge in [0, 0.05) is 12.0 Å². The first kappa shape index (κ1) is 13.3. The van der Waals surface area contributed by atoms with E-state index < -0.39 is 0 Å². The summed E-state index contributed by atoms with van der Waals surface area (Å²) in [5.74, 6) is 0.513. The smallest absolute Gasteiger partial charge is 0.250 e. The second-order valence-corrected chi connectivity index (χ2v) is 4.65. The summed E-state index contributed by atoms with van der Waals surface area (Å²) in [6.07, 6.45) is 1.18. The molecule has 0 aliphatic carbocycles. The Kier molecular flexibility index (Phi) is 3.64. The molecule has 2 aromatic rings. The Hall–Kier alpha value is -2.17. The molecule has 0 saturated heterocycles. The number of anilines is 1. The summed E-state index contributed by atoms with van der Waals surface area (Å²) in [5.41, 5.74) is 8.99. The fraction of sp³-hybridized carbons (Fsp3) is 0.357. The quantitative estimate of drug-likeness (QED) is 0.918. The molecular formula is C14H18N4O. The van der Waals surface area contributed by atoms with Crippen LogP contribution in [0, 0.1) is 13.8 Å². The van der Waals surface area contributed by atoms with Crippen LogP contribution in [0.3, 0.4) is 0 Å². The van der Waals surface area contributed by atoms with Crippen LogP contribution in [0.5, 0.6) is 0 Å². The zero-order chi connectivity index (χ0) is 14.0. The predicted octanol–water partition coefficient (Wildman–Crippen LogP) is 2.58. The lowest BCUT2D eigenvalue weighted by molar-refractivity contribution is 0.0889. The van der Waals surface area contributed by atoms with Crippen LogP contribution < -0.4 is 5.73 Å². The van der Waals surface area contributed by atoms with Gasteiger partial charge in [-0.25, -0.2) is 0 Å². The summed E-state index contributed by atoms with van der Waals surface area (Å²) in [5, 5.41) is 4.20. The van der Waals surface area contributed by atoms with E-state index in [1.165, 1.54) is 10.2 Å². The molecule has 5 nitrogen and oxygen atoms in total. The van der Waals surface area contributed by atoms with E-state index in [0.717, 1.165) is 17.5 Å². The Morgan fingerprint density at radius 2 is 2.05 bits per heavy atom. The molecule has 2 N–H and O–H groups in total. The van der Waals surface area contributed by atoms with Gasteiger partial charge in [-0.3, -0.25) is 4.79 Å². The summed E-state index contributed by atoms with van der Waals surface area (Å²) in [6.45, 7) is 6.01. The molecule has 0 unspecified atom stereocenters. The van der Waals surface area contributed by atoms with E-state index in [4.69, 9.17) is 5.73 Å². The molecule has 1 aromatic carbocycles. The van der Waals surface area contributed by atoms with Gasteiger partial charge in [0.05, 0.1) is 0 Å². The maximum atomic E-state index is 11.8. The van der Waals surface area contributed by atoms with Gasteiger partial charge in [-0.2, -0.15) is 9.67 Å². The van der Waals surface area contributed by atoms with E-state index in [1.807, 2.05) is 39.0 Å². The van der Waals surface area contributed by atoms with Crippen molar-refractivity contribution in [2.24, 2.45) is 0 Å². The summed E-state index contributed by atoms with van der Waals surface area (Å²) in [7, 11) is 0. The summed E-state index contributed by atoms with van der Waals surface area (Å²) in [4.78, 5) is 16.0. The Morgan fingerprint density at radius 1 is 1.32 bits per heavy atom. The van der Waals surface area contributed by atoms with Crippen LogP contribution in [0.4, 0.5) is 5.95 Å². The fourth-order valence-corrected chi connectivity index (χ4v) is 1.83. The van der Waals surface area contributed by atoms with Gasteiger partial charge in [-0.05, 0) is 37.5 Å². The Balaban J connectivity index is 2.38. The van der Waals surface area contributed by atoms with Gasteiger partial charge in [0.2, 0.25) is 11.9 Å². The van der Waals surface area contributed by atoms with Crippen LogP contribution >= 0.6 is 0 Å². The lowest BCUT2D eigenvalue weighted by Crippen LogP contribution is -2.14. The molecule has 0 radical (unpaired) electrons. The van der Waals surface area contributed by atoms with Crippen molar-refractivity contribution >= 4 is 11.9 Å². The number of rotatable bonds is 3. The van der Waals surface area contributed by atoms with E-state index in [9.17, 15) is 4.79 Å². The Bertz CT molecular complexity index is 616. The first-order chi connectivity index (χ1) is 9.02. The van der Waals surface area contributed by atoms with Crippen molar-refractivity contribution in [3.63, 3.8) is 0 Å². The molecule has 5 heteroatoms. The molecule has 1 aromatic heterocycles. The summed E-state index contributed by atoms with van der Waals surface area (Å²) < 4.78 is 1.19. The second kappa shape index (κ2) is 5.22. The number of nitrogens with two attached hydrogens (primary N) is 1. The first-order valence-corrected chi connectivity index (χ1v) is 6.36. The number of aryl methyl sites for hydroxylation is 2. The van der Waals surface area contributed by atoms with Crippen molar-refractivity contribution in [1.82, 2.24) is 14.8 Å². The standard InChI is InChI=1S/C14H18N4O/c1-4-5-12(19)18-14(15)16-13(17-18)11-7-6-9(2)10(3)8-11/h6-8H,4-5H2,1-3H3,(H2,15,16,17). The molecule has 0 bridgehead atoms. The molecule has 0 spiro atoms. The third kappa shape index (κ3) is 2.65. The van der Waals surface area contributed by atoms with Crippen LogP contribution in [-0.4, -0.2) is 20.7 Å². The topological polar surface area (TPSA) is 73.8 Å². The minimum atomic E-state index is -0.123. The van der Waals surface area contributed by atoms with Crippen LogP contribution in [0.2, 0.25) is 0 Å². The van der Waals surface area contributed by atoms with Crippen LogP contribution in [0.1, 0.15) is 35.7 Å². The van der Waals surface area contributed by atoms with Crippen molar-refractivity contribution in [1.29, 1.82) is 0 Å². The zero-order valence-electron chi connectivity index (χ0n) is 11.5. The molecule has 0 saturated carbocycles. The number of hydrogen-bond donors (Lipinski definition) is 1. The Labute approximate surface area is 112 Å². The van der Waals surface area contributed by atoms with Crippen LogP contribution in [0.15, 0.2) is 18.2 Å². The third-order valence-electron chi connectivity index (χ3n) is 3.10. The number of aromatic nitrogens is 3. The monoisotopic (exact) mass is 258 g/mol. The molecule has 0 fully saturated rings. The van der Waals surface area contributed by atoms with Gasteiger partial charge in [0.25, 0.3) is 0 Å². The van der Waals surface area contributed by atoms with Crippen LogP contribution in [0.25, 0.3) is 11.4 Å². The number of carbonyl (C=O) groups is 1. The number of carbonyl (C=O) groups excluding carboxylic acids is 1. The van der Waals surface area contributed by atoms with Gasteiger partial charge >= 0.3 is 0 Å². The second-order valence-electron chi connectivity index (χ2n) is 4.65. The number of nitrogen functional groups attached to an aromatic ring is 1.